The molecule has 150 valence electrons. The number of likely N-dealkylation sites (tertiary alicyclic amines) is 1. The number of benzene rings is 3. The van der Waals surface area contributed by atoms with Gasteiger partial charge in [-0.2, -0.15) is 0 Å². The molecule has 4 nitrogen and oxygen atoms in total. The van der Waals surface area contributed by atoms with E-state index in [1.165, 1.54) is 12.1 Å². The molecule has 0 unspecified atom stereocenters. The summed E-state index contributed by atoms with van der Waals surface area (Å²) in [6.45, 7) is 1.33. The molecule has 1 fully saturated rings. The lowest BCUT2D eigenvalue weighted by Crippen LogP contribution is -2.28. The number of nitrogens with zero attached hydrogens (tertiary/aromatic N) is 2. The van der Waals surface area contributed by atoms with Gasteiger partial charge >= 0.3 is 0 Å². The average Bonchev–Trinajstić information content (AvgIpc) is 3.41. The van der Waals surface area contributed by atoms with Gasteiger partial charge < -0.3 is 9.32 Å². The van der Waals surface area contributed by atoms with Crippen LogP contribution in [0.25, 0.3) is 11.1 Å². The number of carbonyl (C=O) groups excluding carboxylic acids is 1. The van der Waals surface area contributed by atoms with Crippen LogP contribution < -0.4 is 0 Å². The third-order valence-electron chi connectivity index (χ3n) is 5.69. The number of aromatic nitrogens is 1. The Morgan fingerprint density at radius 1 is 1.07 bits per heavy atom. The van der Waals surface area contributed by atoms with E-state index in [1.807, 2.05) is 53.4 Å². The fourth-order valence-corrected chi connectivity index (χ4v) is 4.09. The number of rotatable bonds is 4. The first kappa shape index (κ1) is 18.6. The van der Waals surface area contributed by atoms with Gasteiger partial charge in [-0.3, -0.25) is 4.79 Å². The number of oxazole rings is 1. The van der Waals surface area contributed by atoms with Crippen LogP contribution in [0, 0.1) is 5.82 Å². The molecule has 4 aromatic rings. The second kappa shape index (κ2) is 7.75. The topological polar surface area (TPSA) is 46.3 Å². The van der Waals surface area contributed by atoms with E-state index in [9.17, 15) is 9.18 Å². The third kappa shape index (κ3) is 3.71. The summed E-state index contributed by atoms with van der Waals surface area (Å²) < 4.78 is 19.0. The molecule has 0 radical (unpaired) electrons. The summed E-state index contributed by atoms with van der Waals surface area (Å²) in [6.07, 6.45) is 1.50. The van der Waals surface area contributed by atoms with Gasteiger partial charge in [-0.05, 0) is 47.9 Å². The molecule has 0 bridgehead atoms. The van der Waals surface area contributed by atoms with Crippen LogP contribution in [-0.4, -0.2) is 28.9 Å². The SMILES string of the molecule is O=C(c1ccc2oc(Cc3ccccc3)nc2c1)N1CC[C@@H](c2ccc(F)cc2)C1. The Morgan fingerprint density at radius 3 is 2.67 bits per heavy atom. The van der Waals surface area contributed by atoms with Crippen molar-refractivity contribution in [2.45, 2.75) is 18.8 Å². The molecule has 0 saturated carbocycles. The summed E-state index contributed by atoms with van der Waals surface area (Å²) in [5.74, 6) is 0.632. The normalized spacial score (nSPS) is 16.3. The summed E-state index contributed by atoms with van der Waals surface area (Å²) >= 11 is 0. The molecule has 2 heterocycles. The Bertz CT molecular complexity index is 1180. The Kier molecular flexibility index (Phi) is 4.79. The molecule has 5 heteroatoms. The molecule has 0 spiro atoms. The molecule has 5 rings (SSSR count). The quantitative estimate of drug-likeness (QED) is 0.474. The summed E-state index contributed by atoms with van der Waals surface area (Å²) in [5.41, 5.74) is 4.19. The lowest BCUT2D eigenvalue weighted by molar-refractivity contribution is 0.0791. The standard InChI is InChI=1S/C25H21FN2O2/c26-21-9-6-18(7-10-21)20-12-13-28(16-20)25(29)19-8-11-23-22(15-19)27-24(30-23)14-17-4-2-1-3-5-17/h1-11,15,20H,12-14,16H2/t20-/m1/s1. The van der Waals surface area contributed by atoms with Crippen molar-refractivity contribution < 1.29 is 13.6 Å². The van der Waals surface area contributed by atoms with Crippen LogP contribution in [0.3, 0.4) is 0 Å². The summed E-state index contributed by atoms with van der Waals surface area (Å²) in [5, 5.41) is 0. The highest BCUT2D eigenvalue weighted by atomic mass is 19.1. The Labute approximate surface area is 174 Å². The average molecular weight is 400 g/mol. The van der Waals surface area contributed by atoms with Crippen molar-refractivity contribution in [3.63, 3.8) is 0 Å². The van der Waals surface area contributed by atoms with Crippen LogP contribution in [0.1, 0.15) is 39.7 Å². The minimum absolute atomic E-state index is 0.00544. The van der Waals surface area contributed by atoms with Crippen LogP contribution in [0.4, 0.5) is 4.39 Å². The highest BCUT2D eigenvalue weighted by Gasteiger charge is 2.28. The first-order valence-electron chi connectivity index (χ1n) is 10.1. The van der Waals surface area contributed by atoms with E-state index in [4.69, 9.17) is 4.42 Å². The molecule has 1 atom stereocenters. The van der Waals surface area contributed by atoms with Crippen molar-refractivity contribution in [3.05, 3.63) is 101 Å². The molecule has 0 N–H and O–H groups in total. The lowest BCUT2D eigenvalue weighted by atomic mass is 9.98. The van der Waals surface area contributed by atoms with Crippen molar-refractivity contribution in [1.82, 2.24) is 9.88 Å². The molecule has 3 aromatic carbocycles. The Morgan fingerprint density at radius 2 is 1.87 bits per heavy atom. The molecule has 1 aromatic heterocycles. The van der Waals surface area contributed by atoms with Gasteiger partial charge in [-0.15, -0.1) is 0 Å². The zero-order chi connectivity index (χ0) is 20.5. The fourth-order valence-electron chi connectivity index (χ4n) is 4.09. The van der Waals surface area contributed by atoms with Gasteiger partial charge in [0, 0.05) is 31.0 Å². The molecule has 1 aliphatic heterocycles. The van der Waals surface area contributed by atoms with Gasteiger partial charge in [0.25, 0.3) is 5.91 Å². The monoisotopic (exact) mass is 400 g/mol. The summed E-state index contributed by atoms with van der Waals surface area (Å²) in [6, 6.07) is 22.0. The first-order valence-corrected chi connectivity index (χ1v) is 10.1. The first-order chi connectivity index (χ1) is 14.7. The van der Waals surface area contributed by atoms with E-state index in [1.54, 1.807) is 12.1 Å². The van der Waals surface area contributed by atoms with Crippen LogP contribution in [0.5, 0.6) is 0 Å². The number of hydrogen-bond acceptors (Lipinski definition) is 3. The predicted molar refractivity (Wildman–Crippen MR) is 113 cm³/mol. The largest absolute Gasteiger partial charge is 0.440 e. The summed E-state index contributed by atoms with van der Waals surface area (Å²) in [7, 11) is 0. The molecular weight excluding hydrogens is 379 g/mol. The number of hydrogen-bond donors (Lipinski definition) is 0. The second-order valence-electron chi connectivity index (χ2n) is 7.74. The van der Waals surface area contributed by atoms with E-state index in [0.29, 0.717) is 42.1 Å². The smallest absolute Gasteiger partial charge is 0.253 e. The van der Waals surface area contributed by atoms with E-state index < -0.39 is 0 Å². The van der Waals surface area contributed by atoms with E-state index >= 15 is 0 Å². The van der Waals surface area contributed by atoms with Crippen molar-refractivity contribution in [2.24, 2.45) is 0 Å². The number of halogens is 1. The maximum absolute atomic E-state index is 13.2. The predicted octanol–water partition coefficient (Wildman–Crippen LogP) is 5.19. The van der Waals surface area contributed by atoms with Gasteiger partial charge in [-0.1, -0.05) is 42.5 Å². The van der Waals surface area contributed by atoms with Gasteiger partial charge in [0.15, 0.2) is 11.5 Å². The molecule has 0 aliphatic carbocycles. The Hall–Kier alpha value is -3.47. The van der Waals surface area contributed by atoms with E-state index in [0.717, 1.165) is 17.5 Å². The van der Waals surface area contributed by atoms with Gasteiger partial charge in [0.1, 0.15) is 11.3 Å². The van der Waals surface area contributed by atoms with E-state index in [2.05, 4.69) is 4.98 Å². The molecule has 1 amide bonds. The van der Waals surface area contributed by atoms with Crippen molar-refractivity contribution in [3.8, 4) is 0 Å². The van der Waals surface area contributed by atoms with Crippen molar-refractivity contribution in [2.75, 3.05) is 13.1 Å². The molecule has 1 saturated heterocycles. The number of fused-ring (bicyclic) bond motifs is 1. The third-order valence-corrected chi connectivity index (χ3v) is 5.69. The maximum Gasteiger partial charge on any atom is 0.253 e. The molecular formula is C25H21FN2O2. The zero-order valence-electron chi connectivity index (χ0n) is 16.4. The van der Waals surface area contributed by atoms with Gasteiger partial charge in [0.2, 0.25) is 0 Å². The Balaban J connectivity index is 1.32. The zero-order valence-corrected chi connectivity index (χ0v) is 16.4. The van der Waals surface area contributed by atoms with Crippen LogP contribution >= 0.6 is 0 Å². The number of amides is 1. The highest BCUT2D eigenvalue weighted by molar-refractivity contribution is 5.97. The van der Waals surface area contributed by atoms with Crippen molar-refractivity contribution in [1.29, 1.82) is 0 Å². The van der Waals surface area contributed by atoms with Crippen LogP contribution in [0.15, 0.2) is 77.2 Å². The summed E-state index contributed by atoms with van der Waals surface area (Å²) in [4.78, 5) is 19.5. The lowest BCUT2D eigenvalue weighted by Gasteiger charge is -2.16. The molecule has 30 heavy (non-hydrogen) atoms. The van der Waals surface area contributed by atoms with Crippen LogP contribution in [-0.2, 0) is 6.42 Å². The van der Waals surface area contributed by atoms with Crippen LogP contribution in [0.2, 0.25) is 0 Å². The van der Waals surface area contributed by atoms with Gasteiger partial charge in [0.05, 0.1) is 0 Å². The van der Waals surface area contributed by atoms with Crippen molar-refractivity contribution >= 4 is 17.0 Å². The molecule has 1 aliphatic rings. The minimum Gasteiger partial charge on any atom is -0.440 e. The minimum atomic E-state index is -0.239. The maximum atomic E-state index is 13.2. The van der Waals surface area contributed by atoms with Gasteiger partial charge in [-0.25, -0.2) is 9.37 Å². The fraction of sp³-hybridized carbons (Fsp3) is 0.200. The second-order valence-corrected chi connectivity index (χ2v) is 7.74. The number of carbonyl (C=O) groups is 1. The highest BCUT2D eigenvalue weighted by Crippen LogP contribution is 2.29. The van der Waals surface area contributed by atoms with E-state index in [-0.39, 0.29) is 17.6 Å².